The first-order valence-electron chi connectivity index (χ1n) is 6.46. The van der Waals surface area contributed by atoms with Crippen LogP contribution >= 0.6 is 22.9 Å². The van der Waals surface area contributed by atoms with E-state index >= 15 is 0 Å². The van der Waals surface area contributed by atoms with Crippen LogP contribution in [0.3, 0.4) is 0 Å². The van der Waals surface area contributed by atoms with E-state index in [0.717, 1.165) is 23.1 Å². The second-order valence-corrected chi connectivity index (χ2v) is 6.44. The third-order valence-corrected chi connectivity index (χ3v) is 3.83. The normalized spacial score (nSPS) is 10.8. The highest BCUT2D eigenvalue weighted by molar-refractivity contribution is 7.16. The van der Waals surface area contributed by atoms with Gasteiger partial charge < -0.3 is 15.8 Å². The van der Waals surface area contributed by atoms with Crippen LogP contribution in [0, 0.1) is 0 Å². The van der Waals surface area contributed by atoms with Crippen molar-refractivity contribution in [2.45, 2.75) is 26.4 Å². The smallest absolute Gasteiger partial charge is 0.239 e. The van der Waals surface area contributed by atoms with Gasteiger partial charge in [-0.3, -0.25) is 0 Å². The Kier molecular flexibility index (Phi) is 5.09. The number of hydrogen-bond acceptors (Lipinski definition) is 5. The molecule has 0 aliphatic rings. The number of thiophene rings is 1. The largest absolute Gasteiger partial charge is 0.473 e. The fraction of sp³-hybridized carbons (Fsp3) is 0.357. The van der Waals surface area contributed by atoms with E-state index in [-0.39, 0.29) is 6.10 Å². The highest BCUT2D eigenvalue weighted by Crippen LogP contribution is 2.23. The van der Waals surface area contributed by atoms with Gasteiger partial charge in [-0.25, -0.2) is 0 Å². The number of aromatic nitrogens is 1. The summed E-state index contributed by atoms with van der Waals surface area (Å²) in [5, 5.41) is 3.26. The number of nitrogens with one attached hydrogen (secondary N) is 1. The Morgan fingerprint density at radius 1 is 1.35 bits per heavy atom. The van der Waals surface area contributed by atoms with Crippen molar-refractivity contribution in [3.8, 4) is 5.88 Å². The molecule has 0 radical (unpaired) electrons. The van der Waals surface area contributed by atoms with Crippen LogP contribution < -0.4 is 15.8 Å². The summed E-state index contributed by atoms with van der Waals surface area (Å²) >= 11 is 7.50. The minimum atomic E-state index is 0.0494. The maximum absolute atomic E-state index is 5.90. The van der Waals surface area contributed by atoms with Crippen LogP contribution in [0.4, 0.5) is 11.5 Å². The lowest BCUT2D eigenvalue weighted by Crippen LogP contribution is -2.11. The molecule has 0 aromatic carbocycles. The van der Waals surface area contributed by atoms with Crippen molar-refractivity contribution in [2.24, 2.45) is 0 Å². The second-order valence-electron chi connectivity index (χ2n) is 4.64. The molecular weight excluding hydrogens is 294 g/mol. The van der Waals surface area contributed by atoms with Gasteiger partial charge in [0, 0.05) is 11.4 Å². The van der Waals surface area contributed by atoms with Crippen molar-refractivity contribution in [1.82, 2.24) is 4.98 Å². The van der Waals surface area contributed by atoms with Crippen LogP contribution in [0.25, 0.3) is 0 Å². The fourth-order valence-electron chi connectivity index (χ4n) is 1.67. The van der Waals surface area contributed by atoms with Crippen molar-refractivity contribution in [3.05, 3.63) is 33.5 Å². The van der Waals surface area contributed by atoms with E-state index < -0.39 is 0 Å². The predicted molar refractivity (Wildman–Crippen MR) is 85.9 cm³/mol. The molecule has 0 spiro atoms. The van der Waals surface area contributed by atoms with Crippen LogP contribution in [0.2, 0.25) is 4.34 Å². The van der Waals surface area contributed by atoms with Gasteiger partial charge in [0.05, 0.1) is 16.1 Å². The number of anilines is 2. The number of nitrogens with zero attached hydrogens (tertiary/aromatic N) is 1. The van der Waals surface area contributed by atoms with Crippen molar-refractivity contribution in [3.63, 3.8) is 0 Å². The zero-order valence-corrected chi connectivity index (χ0v) is 13.1. The number of pyridine rings is 1. The van der Waals surface area contributed by atoms with Crippen LogP contribution in [0.5, 0.6) is 5.88 Å². The highest BCUT2D eigenvalue weighted by atomic mass is 35.5. The van der Waals surface area contributed by atoms with E-state index in [4.69, 9.17) is 22.1 Å². The third-order valence-electron chi connectivity index (χ3n) is 2.54. The van der Waals surface area contributed by atoms with E-state index in [1.54, 1.807) is 17.4 Å². The molecule has 2 aromatic rings. The molecule has 0 unspecified atom stereocenters. The summed E-state index contributed by atoms with van der Waals surface area (Å²) in [6, 6.07) is 7.61. The Bertz CT molecular complexity index is 571. The zero-order valence-electron chi connectivity index (χ0n) is 11.5. The van der Waals surface area contributed by atoms with Gasteiger partial charge in [0.2, 0.25) is 5.88 Å². The summed E-state index contributed by atoms with van der Waals surface area (Å²) < 4.78 is 6.38. The molecule has 0 bridgehead atoms. The molecule has 0 fully saturated rings. The molecule has 3 N–H and O–H groups in total. The standard InChI is InChI=1S/C14H18ClN3OS/c1-9(2)19-14-11(16)4-6-13(18-14)17-8-7-10-3-5-12(15)20-10/h3-6,9H,7-8,16H2,1-2H3,(H,17,18). The number of rotatable bonds is 6. The van der Waals surface area contributed by atoms with Gasteiger partial charge in [-0.05, 0) is 44.5 Å². The molecule has 0 amide bonds. The molecule has 0 saturated heterocycles. The SMILES string of the molecule is CC(C)Oc1nc(NCCc2ccc(Cl)s2)ccc1N. The van der Waals surface area contributed by atoms with E-state index in [0.29, 0.717) is 11.6 Å². The number of hydrogen-bond donors (Lipinski definition) is 2. The molecular formula is C14H18ClN3OS. The minimum Gasteiger partial charge on any atom is -0.473 e. The first-order chi connectivity index (χ1) is 9.54. The zero-order chi connectivity index (χ0) is 14.5. The third kappa shape index (κ3) is 4.28. The molecule has 2 aromatic heterocycles. The summed E-state index contributed by atoms with van der Waals surface area (Å²) in [6.45, 7) is 4.68. The van der Waals surface area contributed by atoms with Crippen LogP contribution in [-0.2, 0) is 6.42 Å². The maximum Gasteiger partial charge on any atom is 0.239 e. The molecule has 0 aliphatic heterocycles. The number of ether oxygens (including phenoxy) is 1. The maximum atomic E-state index is 5.90. The first kappa shape index (κ1) is 14.9. The van der Waals surface area contributed by atoms with E-state index in [1.165, 1.54) is 4.88 Å². The van der Waals surface area contributed by atoms with Gasteiger partial charge in [-0.15, -0.1) is 11.3 Å². The Labute approximate surface area is 127 Å². The molecule has 0 aliphatic carbocycles. The molecule has 0 atom stereocenters. The van der Waals surface area contributed by atoms with Crippen molar-refractivity contribution >= 4 is 34.4 Å². The van der Waals surface area contributed by atoms with Crippen LogP contribution in [-0.4, -0.2) is 17.6 Å². The average Bonchev–Trinajstić information content (AvgIpc) is 2.78. The van der Waals surface area contributed by atoms with Crippen molar-refractivity contribution < 1.29 is 4.74 Å². The Hall–Kier alpha value is -1.46. The van der Waals surface area contributed by atoms with E-state index in [9.17, 15) is 0 Å². The lowest BCUT2D eigenvalue weighted by molar-refractivity contribution is 0.234. The summed E-state index contributed by atoms with van der Waals surface area (Å²) in [4.78, 5) is 5.61. The van der Waals surface area contributed by atoms with Gasteiger partial charge in [0.1, 0.15) is 5.82 Å². The molecule has 6 heteroatoms. The summed E-state index contributed by atoms with van der Waals surface area (Å²) in [5.41, 5.74) is 6.38. The van der Waals surface area contributed by atoms with Crippen LogP contribution in [0.1, 0.15) is 18.7 Å². The Balaban J connectivity index is 1.92. The lowest BCUT2D eigenvalue weighted by atomic mass is 10.3. The molecule has 108 valence electrons. The quantitative estimate of drug-likeness (QED) is 0.851. The number of halogens is 1. The Morgan fingerprint density at radius 2 is 2.15 bits per heavy atom. The summed E-state index contributed by atoms with van der Waals surface area (Å²) in [6.07, 6.45) is 0.956. The van der Waals surface area contributed by atoms with E-state index in [1.807, 2.05) is 32.0 Å². The summed E-state index contributed by atoms with van der Waals surface area (Å²) in [5.74, 6) is 1.24. The monoisotopic (exact) mass is 311 g/mol. The minimum absolute atomic E-state index is 0.0494. The van der Waals surface area contributed by atoms with Gasteiger partial charge >= 0.3 is 0 Å². The van der Waals surface area contributed by atoms with Gasteiger partial charge in [-0.2, -0.15) is 4.98 Å². The van der Waals surface area contributed by atoms with Gasteiger partial charge in [-0.1, -0.05) is 11.6 Å². The number of nitrogens with two attached hydrogens (primary N) is 1. The highest BCUT2D eigenvalue weighted by Gasteiger charge is 2.06. The predicted octanol–water partition coefficient (Wildman–Crippen LogP) is 3.82. The van der Waals surface area contributed by atoms with Gasteiger partial charge in [0.15, 0.2) is 0 Å². The average molecular weight is 312 g/mol. The molecule has 0 saturated carbocycles. The topological polar surface area (TPSA) is 60.2 Å². The molecule has 2 heterocycles. The van der Waals surface area contributed by atoms with Gasteiger partial charge in [0.25, 0.3) is 0 Å². The summed E-state index contributed by atoms with van der Waals surface area (Å²) in [7, 11) is 0. The first-order valence-corrected chi connectivity index (χ1v) is 7.65. The number of nitrogen functional groups attached to an aromatic ring is 1. The second kappa shape index (κ2) is 6.81. The van der Waals surface area contributed by atoms with Crippen LogP contribution in [0.15, 0.2) is 24.3 Å². The molecule has 20 heavy (non-hydrogen) atoms. The van der Waals surface area contributed by atoms with Crippen molar-refractivity contribution in [1.29, 1.82) is 0 Å². The molecule has 4 nitrogen and oxygen atoms in total. The Morgan fingerprint density at radius 3 is 2.80 bits per heavy atom. The fourth-order valence-corrected chi connectivity index (χ4v) is 2.75. The van der Waals surface area contributed by atoms with Crippen molar-refractivity contribution in [2.75, 3.05) is 17.6 Å². The molecule has 2 rings (SSSR count). The van der Waals surface area contributed by atoms with E-state index in [2.05, 4.69) is 10.3 Å². The lowest BCUT2D eigenvalue weighted by Gasteiger charge is -2.12.